The van der Waals surface area contributed by atoms with Gasteiger partial charge in [-0.2, -0.15) is 0 Å². The van der Waals surface area contributed by atoms with E-state index in [-0.39, 0.29) is 0 Å². The molecule has 17 heavy (non-hydrogen) atoms. The predicted molar refractivity (Wildman–Crippen MR) is 71.3 cm³/mol. The average molecular weight is 234 g/mol. The van der Waals surface area contributed by atoms with Crippen molar-refractivity contribution in [2.45, 2.75) is 33.6 Å². The van der Waals surface area contributed by atoms with Crippen LogP contribution in [0.5, 0.6) is 0 Å². The molecular formula is C13H22N4. The van der Waals surface area contributed by atoms with Gasteiger partial charge in [0.15, 0.2) is 0 Å². The number of anilines is 2. The second-order valence-electron chi connectivity index (χ2n) is 5.31. The molecule has 1 aromatic heterocycles. The molecule has 94 valence electrons. The summed E-state index contributed by atoms with van der Waals surface area (Å²) in [5.41, 5.74) is 0.499. The molecule has 4 nitrogen and oxygen atoms in total. The number of nitrogens with one attached hydrogen (secondary N) is 2. The lowest BCUT2D eigenvalue weighted by molar-refractivity contribution is 0.380. The summed E-state index contributed by atoms with van der Waals surface area (Å²) in [5, 5.41) is 6.51. The minimum Gasteiger partial charge on any atom is -0.373 e. The summed E-state index contributed by atoms with van der Waals surface area (Å²) < 4.78 is 0. The van der Waals surface area contributed by atoms with Crippen LogP contribution in [0, 0.1) is 18.3 Å². The highest BCUT2D eigenvalue weighted by Crippen LogP contribution is 2.51. The highest BCUT2D eigenvalue weighted by molar-refractivity contribution is 5.47. The van der Waals surface area contributed by atoms with Crippen LogP contribution >= 0.6 is 0 Å². The molecule has 1 fully saturated rings. The number of hydrogen-bond donors (Lipinski definition) is 2. The first-order chi connectivity index (χ1) is 8.05. The van der Waals surface area contributed by atoms with Gasteiger partial charge in [-0.1, -0.05) is 13.8 Å². The zero-order chi connectivity index (χ0) is 12.5. The highest BCUT2D eigenvalue weighted by atomic mass is 15.1. The quantitative estimate of drug-likeness (QED) is 0.822. The molecule has 0 spiro atoms. The number of aryl methyl sites for hydroxylation is 1. The van der Waals surface area contributed by atoms with Crippen molar-refractivity contribution in [2.75, 3.05) is 24.2 Å². The fraction of sp³-hybridized carbons (Fsp3) is 0.692. The van der Waals surface area contributed by atoms with E-state index in [0.717, 1.165) is 29.9 Å². The summed E-state index contributed by atoms with van der Waals surface area (Å²) >= 11 is 0. The standard InChI is InChI=1S/C13H22N4/c1-9(2)13(5-6-13)8-15-12-7-11(14-4)16-10(3)17-12/h7,9H,5-6,8H2,1-4H3,(H2,14,15,16,17). The lowest BCUT2D eigenvalue weighted by Gasteiger charge is -2.20. The van der Waals surface area contributed by atoms with E-state index in [1.54, 1.807) is 0 Å². The maximum atomic E-state index is 4.41. The first-order valence-corrected chi connectivity index (χ1v) is 6.33. The minimum absolute atomic E-state index is 0.499. The molecule has 0 aliphatic heterocycles. The Labute approximate surface area is 103 Å². The molecule has 2 N–H and O–H groups in total. The molecule has 1 aromatic rings. The van der Waals surface area contributed by atoms with Crippen molar-refractivity contribution in [3.05, 3.63) is 11.9 Å². The molecule has 1 heterocycles. The van der Waals surface area contributed by atoms with Crippen LogP contribution in [0.2, 0.25) is 0 Å². The third-order valence-corrected chi connectivity index (χ3v) is 3.83. The number of rotatable bonds is 5. The Morgan fingerprint density at radius 1 is 1.29 bits per heavy atom. The lowest BCUT2D eigenvalue weighted by atomic mass is 9.92. The second-order valence-corrected chi connectivity index (χ2v) is 5.31. The van der Waals surface area contributed by atoms with Gasteiger partial charge < -0.3 is 10.6 Å². The van der Waals surface area contributed by atoms with Crippen LogP contribution in [0.1, 0.15) is 32.5 Å². The van der Waals surface area contributed by atoms with E-state index in [1.165, 1.54) is 12.8 Å². The molecular weight excluding hydrogens is 212 g/mol. The van der Waals surface area contributed by atoms with Crippen LogP contribution in [-0.4, -0.2) is 23.6 Å². The maximum absolute atomic E-state index is 4.41. The van der Waals surface area contributed by atoms with Crippen LogP contribution in [0.15, 0.2) is 6.07 Å². The van der Waals surface area contributed by atoms with E-state index in [2.05, 4.69) is 34.4 Å². The summed E-state index contributed by atoms with van der Waals surface area (Å²) in [5.74, 6) is 3.33. The Balaban J connectivity index is 2.02. The number of aromatic nitrogens is 2. The molecule has 0 amide bonds. The van der Waals surface area contributed by atoms with Crippen LogP contribution in [0.3, 0.4) is 0 Å². The first kappa shape index (κ1) is 12.1. The highest BCUT2D eigenvalue weighted by Gasteiger charge is 2.44. The molecule has 1 aliphatic carbocycles. The van der Waals surface area contributed by atoms with E-state index < -0.39 is 0 Å². The van der Waals surface area contributed by atoms with Crippen molar-refractivity contribution < 1.29 is 0 Å². The molecule has 1 aliphatic rings. The van der Waals surface area contributed by atoms with Crippen molar-refractivity contribution in [3.63, 3.8) is 0 Å². The van der Waals surface area contributed by atoms with Crippen molar-refractivity contribution in [3.8, 4) is 0 Å². The summed E-state index contributed by atoms with van der Waals surface area (Å²) in [4.78, 5) is 8.70. The van der Waals surface area contributed by atoms with Gasteiger partial charge in [0.2, 0.25) is 0 Å². The van der Waals surface area contributed by atoms with Crippen molar-refractivity contribution >= 4 is 11.6 Å². The average Bonchev–Trinajstić information content (AvgIpc) is 3.06. The first-order valence-electron chi connectivity index (χ1n) is 6.33. The van der Waals surface area contributed by atoms with Gasteiger partial charge in [0.05, 0.1) is 0 Å². The van der Waals surface area contributed by atoms with E-state index in [0.29, 0.717) is 5.41 Å². The largest absolute Gasteiger partial charge is 0.373 e. The zero-order valence-electron chi connectivity index (χ0n) is 11.2. The summed E-state index contributed by atoms with van der Waals surface area (Å²) in [7, 11) is 1.88. The fourth-order valence-electron chi connectivity index (χ4n) is 2.17. The van der Waals surface area contributed by atoms with Crippen molar-refractivity contribution in [1.29, 1.82) is 0 Å². The normalized spacial score (nSPS) is 17.0. The predicted octanol–water partition coefficient (Wildman–Crippen LogP) is 2.67. The molecule has 0 bridgehead atoms. The van der Waals surface area contributed by atoms with Gasteiger partial charge in [-0.05, 0) is 31.1 Å². The number of nitrogens with zero attached hydrogens (tertiary/aromatic N) is 2. The van der Waals surface area contributed by atoms with Crippen LogP contribution < -0.4 is 10.6 Å². The fourth-order valence-corrected chi connectivity index (χ4v) is 2.17. The minimum atomic E-state index is 0.499. The Bertz CT molecular complexity index is 396. The molecule has 0 aromatic carbocycles. The molecule has 4 heteroatoms. The Hall–Kier alpha value is -1.32. The van der Waals surface area contributed by atoms with Crippen molar-refractivity contribution in [1.82, 2.24) is 9.97 Å². The monoisotopic (exact) mass is 234 g/mol. The van der Waals surface area contributed by atoms with E-state index in [9.17, 15) is 0 Å². The molecule has 0 saturated heterocycles. The molecule has 1 saturated carbocycles. The van der Waals surface area contributed by atoms with Crippen LogP contribution in [0.25, 0.3) is 0 Å². The smallest absolute Gasteiger partial charge is 0.131 e. The molecule has 0 atom stereocenters. The van der Waals surface area contributed by atoms with Gasteiger partial charge in [0.25, 0.3) is 0 Å². The Morgan fingerprint density at radius 3 is 2.47 bits per heavy atom. The second kappa shape index (κ2) is 4.51. The molecule has 0 radical (unpaired) electrons. The Morgan fingerprint density at radius 2 is 1.94 bits per heavy atom. The van der Waals surface area contributed by atoms with E-state index >= 15 is 0 Å². The van der Waals surface area contributed by atoms with Gasteiger partial charge in [-0.15, -0.1) is 0 Å². The lowest BCUT2D eigenvalue weighted by Crippen LogP contribution is -2.21. The van der Waals surface area contributed by atoms with Crippen LogP contribution in [0.4, 0.5) is 11.6 Å². The SMILES string of the molecule is CNc1cc(NCC2(C(C)C)CC2)nc(C)n1. The van der Waals surface area contributed by atoms with E-state index in [1.807, 2.05) is 20.0 Å². The Kier molecular flexibility index (Phi) is 3.22. The summed E-state index contributed by atoms with van der Waals surface area (Å²) in [6.45, 7) is 7.55. The van der Waals surface area contributed by atoms with Crippen molar-refractivity contribution in [2.24, 2.45) is 11.3 Å². The van der Waals surface area contributed by atoms with E-state index in [4.69, 9.17) is 0 Å². The summed E-state index contributed by atoms with van der Waals surface area (Å²) in [6, 6.07) is 1.96. The summed E-state index contributed by atoms with van der Waals surface area (Å²) in [6.07, 6.45) is 2.67. The number of hydrogen-bond acceptors (Lipinski definition) is 4. The topological polar surface area (TPSA) is 49.8 Å². The third kappa shape index (κ3) is 2.68. The van der Waals surface area contributed by atoms with Gasteiger partial charge in [-0.25, -0.2) is 9.97 Å². The zero-order valence-corrected chi connectivity index (χ0v) is 11.2. The van der Waals surface area contributed by atoms with Crippen LogP contribution in [-0.2, 0) is 0 Å². The van der Waals surface area contributed by atoms with Gasteiger partial charge in [0, 0.05) is 19.7 Å². The molecule has 0 unspecified atom stereocenters. The van der Waals surface area contributed by atoms with Gasteiger partial charge in [0.1, 0.15) is 17.5 Å². The third-order valence-electron chi connectivity index (χ3n) is 3.83. The van der Waals surface area contributed by atoms with Gasteiger partial charge in [-0.3, -0.25) is 0 Å². The molecule has 2 rings (SSSR count). The van der Waals surface area contributed by atoms with Gasteiger partial charge >= 0.3 is 0 Å². The maximum Gasteiger partial charge on any atom is 0.131 e.